The maximum atomic E-state index is 14.3. The number of ether oxygens (including phenoxy) is 1. The SMILES string of the molecule is C[C@@]1(F)[C@@H](n2ccc(=O)[nH]c2=O)O[C@H](CO)[C@@H]1O. The van der Waals surface area contributed by atoms with Crippen molar-refractivity contribution in [3.05, 3.63) is 33.1 Å². The fourth-order valence-corrected chi connectivity index (χ4v) is 1.97. The van der Waals surface area contributed by atoms with Gasteiger partial charge < -0.3 is 14.9 Å². The lowest BCUT2D eigenvalue weighted by atomic mass is 9.98. The summed E-state index contributed by atoms with van der Waals surface area (Å²) < 4.78 is 20.3. The van der Waals surface area contributed by atoms with E-state index in [0.29, 0.717) is 0 Å². The first-order valence-corrected chi connectivity index (χ1v) is 5.32. The summed E-state index contributed by atoms with van der Waals surface area (Å²) in [4.78, 5) is 24.4. The van der Waals surface area contributed by atoms with Crippen molar-refractivity contribution in [3.8, 4) is 0 Å². The number of aromatic amines is 1. The van der Waals surface area contributed by atoms with Crippen molar-refractivity contribution in [1.29, 1.82) is 0 Å². The van der Waals surface area contributed by atoms with Crippen LogP contribution < -0.4 is 11.2 Å². The van der Waals surface area contributed by atoms with Crippen molar-refractivity contribution < 1.29 is 19.3 Å². The molecule has 1 aliphatic heterocycles. The van der Waals surface area contributed by atoms with E-state index in [2.05, 4.69) is 0 Å². The Bertz CT molecular complexity index is 552. The van der Waals surface area contributed by atoms with Crippen LogP contribution in [0.15, 0.2) is 21.9 Å². The number of aliphatic hydroxyl groups is 2. The van der Waals surface area contributed by atoms with Crippen LogP contribution in [0, 0.1) is 0 Å². The Morgan fingerprint density at radius 2 is 2.28 bits per heavy atom. The highest BCUT2D eigenvalue weighted by Gasteiger charge is 2.54. The van der Waals surface area contributed by atoms with Crippen LogP contribution in [-0.4, -0.2) is 44.2 Å². The monoisotopic (exact) mass is 260 g/mol. The first kappa shape index (κ1) is 12.9. The zero-order valence-electron chi connectivity index (χ0n) is 9.54. The number of hydrogen-bond acceptors (Lipinski definition) is 5. The van der Waals surface area contributed by atoms with Gasteiger partial charge in [-0.05, 0) is 6.92 Å². The minimum absolute atomic E-state index is 0.574. The molecule has 1 saturated heterocycles. The van der Waals surface area contributed by atoms with E-state index in [1.54, 1.807) is 0 Å². The zero-order chi connectivity index (χ0) is 13.5. The summed E-state index contributed by atoms with van der Waals surface area (Å²) in [5, 5.41) is 18.6. The fraction of sp³-hybridized carbons (Fsp3) is 0.600. The highest BCUT2D eigenvalue weighted by atomic mass is 19.1. The summed E-state index contributed by atoms with van der Waals surface area (Å²) >= 11 is 0. The van der Waals surface area contributed by atoms with Crippen molar-refractivity contribution in [2.24, 2.45) is 0 Å². The van der Waals surface area contributed by atoms with Gasteiger partial charge in [-0.2, -0.15) is 0 Å². The molecule has 0 unspecified atom stereocenters. The molecule has 1 fully saturated rings. The number of hydrogen-bond donors (Lipinski definition) is 3. The molecule has 0 amide bonds. The Hall–Kier alpha value is -1.51. The van der Waals surface area contributed by atoms with Crippen LogP contribution in [0.1, 0.15) is 13.2 Å². The number of aromatic nitrogens is 2. The summed E-state index contributed by atoms with van der Waals surface area (Å²) in [5.74, 6) is 0. The van der Waals surface area contributed by atoms with Crippen LogP contribution in [-0.2, 0) is 4.74 Å². The summed E-state index contributed by atoms with van der Waals surface area (Å²) in [7, 11) is 0. The maximum absolute atomic E-state index is 14.3. The van der Waals surface area contributed by atoms with E-state index >= 15 is 0 Å². The summed E-state index contributed by atoms with van der Waals surface area (Å²) in [5.41, 5.74) is -3.72. The molecule has 0 spiro atoms. The van der Waals surface area contributed by atoms with Gasteiger partial charge in [0.25, 0.3) is 5.56 Å². The van der Waals surface area contributed by atoms with Crippen molar-refractivity contribution in [3.63, 3.8) is 0 Å². The molecule has 1 aromatic heterocycles. The molecule has 18 heavy (non-hydrogen) atoms. The van der Waals surface area contributed by atoms with Crippen LogP contribution >= 0.6 is 0 Å². The molecule has 0 radical (unpaired) electrons. The number of alkyl halides is 1. The number of nitrogens with zero attached hydrogens (tertiary/aromatic N) is 1. The minimum atomic E-state index is -2.25. The normalized spacial score (nSPS) is 35.9. The van der Waals surface area contributed by atoms with E-state index in [-0.39, 0.29) is 0 Å². The molecule has 8 heteroatoms. The number of H-pyrrole nitrogens is 1. The quantitative estimate of drug-likeness (QED) is 0.601. The number of rotatable bonds is 2. The Kier molecular flexibility index (Phi) is 3.09. The van der Waals surface area contributed by atoms with Gasteiger partial charge in [0.15, 0.2) is 11.9 Å². The summed E-state index contributed by atoms with van der Waals surface area (Å²) in [6, 6.07) is 1.04. The van der Waals surface area contributed by atoms with Crippen LogP contribution in [0.4, 0.5) is 4.39 Å². The average Bonchev–Trinajstić information content (AvgIpc) is 2.52. The lowest BCUT2D eigenvalue weighted by Crippen LogP contribution is -2.43. The van der Waals surface area contributed by atoms with E-state index in [1.165, 1.54) is 0 Å². The third-order valence-electron chi connectivity index (χ3n) is 3.00. The molecule has 100 valence electrons. The van der Waals surface area contributed by atoms with Gasteiger partial charge in [0.2, 0.25) is 0 Å². The second-order valence-corrected chi connectivity index (χ2v) is 4.32. The van der Waals surface area contributed by atoms with E-state index in [4.69, 9.17) is 9.84 Å². The van der Waals surface area contributed by atoms with Crippen LogP contribution in [0.5, 0.6) is 0 Å². The van der Waals surface area contributed by atoms with Crippen molar-refractivity contribution in [2.75, 3.05) is 6.61 Å². The van der Waals surface area contributed by atoms with Gasteiger partial charge in [-0.15, -0.1) is 0 Å². The van der Waals surface area contributed by atoms with E-state index in [1.807, 2.05) is 4.98 Å². The molecule has 7 nitrogen and oxygen atoms in total. The third-order valence-corrected chi connectivity index (χ3v) is 3.00. The first-order chi connectivity index (χ1) is 8.37. The van der Waals surface area contributed by atoms with E-state index in [9.17, 15) is 19.1 Å². The van der Waals surface area contributed by atoms with Gasteiger partial charge >= 0.3 is 5.69 Å². The summed E-state index contributed by atoms with van der Waals surface area (Å²) in [6.07, 6.45) is -3.01. The molecule has 0 aromatic carbocycles. The van der Waals surface area contributed by atoms with Gasteiger partial charge in [0, 0.05) is 12.3 Å². The van der Waals surface area contributed by atoms with Gasteiger partial charge in [-0.3, -0.25) is 14.3 Å². The molecular formula is C10H13FN2O5. The van der Waals surface area contributed by atoms with Gasteiger partial charge in [0.05, 0.1) is 6.61 Å². The highest BCUT2D eigenvalue weighted by molar-refractivity contribution is 5.01. The molecule has 2 heterocycles. The van der Waals surface area contributed by atoms with Crippen molar-refractivity contribution in [2.45, 2.75) is 31.0 Å². The van der Waals surface area contributed by atoms with Crippen LogP contribution in [0.25, 0.3) is 0 Å². The van der Waals surface area contributed by atoms with Crippen molar-refractivity contribution >= 4 is 0 Å². The Labute approximate surface area is 100 Å². The molecule has 0 saturated carbocycles. The summed E-state index contributed by atoms with van der Waals surface area (Å²) in [6.45, 7) is 0.491. The van der Waals surface area contributed by atoms with Crippen LogP contribution in [0.2, 0.25) is 0 Å². The smallest absolute Gasteiger partial charge is 0.330 e. The molecular weight excluding hydrogens is 247 g/mol. The topological polar surface area (TPSA) is 105 Å². The molecule has 1 aliphatic rings. The molecule has 1 aromatic rings. The third kappa shape index (κ3) is 1.88. The number of aliphatic hydroxyl groups excluding tert-OH is 2. The van der Waals surface area contributed by atoms with E-state index < -0.39 is 42.0 Å². The molecule has 3 N–H and O–H groups in total. The lowest BCUT2D eigenvalue weighted by molar-refractivity contribution is -0.0611. The average molecular weight is 260 g/mol. The Balaban J connectivity index is 2.45. The van der Waals surface area contributed by atoms with E-state index in [0.717, 1.165) is 23.8 Å². The van der Waals surface area contributed by atoms with Gasteiger partial charge in [-0.1, -0.05) is 0 Å². The Morgan fingerprint density at radius 1 is 1.61 bits per heavy atom. The molecule has 2 rings (SSSR count). The standard InChI is InChI=1S/C10H13FN2O5/c1-10(11)7(16)5(4-14)18-8(10)13-3-2-6(15)12-9(13)17/h2-3,5,7-8,14,16H,4H2,1H3,(H,12,15,17)/t5-,7+,8+,10+/m1/s1. The molecule has 0 bridgehead atoms. The van der Waals surface area contributed by atoms with Gasteiger partial charge in [-0.25, -0.2) is 9.18 Å². The van der Waals surface area contributed by atoms with Crippen LogP contribution in [0.3, 0.4) is 0 Å². The predicted molar refractivity (Wildman–Crippen MR) is 57.8 cm³/mol. The minimum Gasteiger partial charge on any atom is -0.394 e. The first-order valence-electron chi connectivity index (χ1n) is 5.32. The van der Waals surface area contributed by atoms with Gasteiger partial charge in [0.1, 0.15) is 12.2 Å². The second-order valence-electron chi connectivity index (χ2n) is 4.32. The second kappa shape index (κ2) is 4.30. The molecule has 4 atom stereocenters. The highest BCUT2D eigenvalue weighted by Crippen LogP contribution is 2.40. The zero-order valence-corrected chi connectivity index (χ0v) is 9.54. The lowest BCUT2D eigenvalue weighted by Gasteiger charge is -2.24. The number of halogens is 1. The van der Waals surface area contributed by atoms with Crippen molar-refractivity contribution in [1.82, 2.24) is 9.55 Å². The number of nitrogens with one attached hydrogen (secondary N) is 1. The molecule has 0 aliphatic carbocycles. The Morgan fingerprint density at radius 3 is 2.78 bits per heavy atom. The maximum Gasteiger partial charge on any atom is 0.330 e. The largest absolute Gasteiger partial charge is 0.394 e. The predicted octanol–water partition coefficient (Wildman–Crippen LogP) is -1.48. The fourth-order valence-electron chi connectivity index (χ4n) is 1.97.